The number of aryl methyl sites for hydroxylation is 2. The van der Waals surface area contributed by atoms with Gasteiger partial charge in [0.15, 0.2) is 0 Å². The Balaban J connectivity index is 1.31. The monoisotopic (exact) mass is 457 g/mol. The fraction of sp³-hybridized carbons (Fsp3) is 0.333. The Bertz CT molecular complexity index is 1360. The van der Waals surface area contributed by atoms with Crippen molar-refractivity contribution in [2.45, 2.75) is 45.1 Å². The summed E-state index contributed by atoms with van der Waals surface area (Å²) in [4.78, 5) is 29.3. The molecule has 0 spiro atoms. The number of primary amides is 2. The zero-order chi connectivity index (χ0) is 23.7. The first-order valence-corrected chi connectivity index (χ1v) is 12.1. The Morgan fingerprint density at radius 1 is 0.912 bits per heavy atom. The molecule has 2 amide bonds. The number of rotatable bonds is 8. The van der Waals surface area contributed by atoms with Crippen LogP contribution in [0.3, 0.4) is 0 Å². The summed E-state index contributed by atoms with van der Waals surface area (Å²) in [6, 6.07) is 11.6. The Labute approximate surface area is 198 Å². The maximum Gasteiger partial charge on any atom is 0.250 e. The molecular formula is C27H31N5O2. The second kappa shape index (κ2) is 9.25. The van der Waals surface area contributed by atoms with Gasteiger partial charge in [-0.25, -0.2) is 0 Å². The van der Waals surface area contributed by atoms with Gasteiger partial charge in [-0.15, -0.1) is 0 Å². The van der Waals surface area contributed by atoms with Crippen molar-refractivity contribution in [3.05, 3.63) is 65.5 Å². The Kier molecular flexibility index (Phi) is 6.01. The van der Waals surface area contributed by atoms with Crippen LogP contribution in [0, 0.1) is 0 Å². The number of carbonyl (C=O) groups excluding carboxylic acids is 2. The number of nitrogens with two attached hydrogens (primary N) is 2. The summed E-state index contributed by atoms with van der Waals surface area (Å²) >= 11 is 0. The fourth-order valence-electron chi connectivity index (χ4n) is 5.25. The lowest BCUT2D eigenvalue weighted by atomic mass is 10.0. The van der Waals surface area contributed by atoms with Crippen LogP contribution in [-0.2, 0) is 13.0 Å². The number of amides is 2. The number of fused-ring (bicyclic) bond motifs is 2. The molecule has 2 aromatic heterocycles. The van der Waals surface area contributed by atoms with Crippen molar-refractivity contribution in [3.8, 4) is 0 Å². The second-order valence-corrected chi connectivity index (χ2v) is 9.21. The first-order valence-electron chi connectivity index (χ1n) is 12.1. The zero-order valence-corrected chi connectivity index (χ0v) is 19.3. The van der Waals surface area contributed by atoms with Crippen LogP contribution in [0.15, 0.2) is 48.8 Å². The standard InChI is InChI=1S/C27H31N5O2/c28-26(33)18-7-9-23-22(16-18)19(17-30-23)6-2-5-12-31-15-11-20-24(31)10-8-21(27(29)34)25(20)32-13-3-1-4-14-32/h7-11,15-17,30H,1-6,12-14H2,(H2,28,33)(H2,29,34). The molecule has 0 bridgehead atoms. The normalized spacial score (nSPS) is 14.2. The van der Waals surface area contributed by atoms with E-state index in [1.54, 1.807) is 6.07 Å². The van der Waals surface area contributed by atoms with E-state index < -0.39 is 5.91 Å². The predicted octanol–water partition coefficient (Wildman–Crippen LogP) is 4.33. The van der Waals surface area contributed by atoms with E-state index in [0.717, 1.165) is 79.2 Å². The van der Waals surface area contributed by atoms with Crippen LogP contribution >= 0.6 is 0 Å². The summed E-state index contributed by atoms with van der Waals surface area (Å²) in [6.45, 7) is 2.83. The molecular weight excluding hydrogens is 426 g/mol. The summed E-state index contributed by atoms with van der Waals surface area (Å²) < 4.78 is 2.27. The highest BCUT2D eigenvalue weighted by Gasteiger charge is 2.21. The van der Waals surface area contributed by atoms with Crippen LogP contribution in [0.1, 0.15) is 58.4 Å². The number of benzene rings is 2. The fourth-order valence-corrected chi connectivity index (χ4v) is 5.25. The molecule has 7 nitrogen and oxygen atoms in total. The van der Waals surface area contributed by atoms with Gasteiger partial charge in [0.05, 0.1) is 16.8 Å². The average Bonchev–Trinajstić information content (AvgIpc) is 3.45. The molecule has 0 unspecified atom stereocenters. The third kappa shape index (κ3) is 4.14. The lowest BCUT2D eigenvalue weighted by Gasteiger charge is -2.30. The van der Waals surface area contributed by atoms with Crippen LogP contribution in [0.4, 0.5) is 5.69 Å². The van der Waals surface area contributed by atoms with Crippen molar-refractivity contribution >= 4 is 39.3 Å². The third-order valence-electron chi connectivity index (χ3n) is 7.01. The maximum atomic E-state index is 12.2. The summed E-state index contributed by atoms with van der Waals surface area (Å²) in [5, 5.41) is 2.17. The van der Waals surface area contributed by atoms with Gasteiger partial charge in [0.2, 0.25) is 5.91 Å². The highest BCUT2D eigenvalue weighted by molar-refractivity contribution is 6.07. The number of unbranched alkanes of at least 4 members (excludes halogenated alkanes) is 1. The molecule has 4 aromatic rings. The van der Waals surface area contributed by atoms with Crippen LogP contribution in [0.5, 0.6) is 0 Å². The molecule has 0 aliphatic carbocycles. The predicted molar refractivity (Wildman–Crippen MR) is 136 cm³/mol. The van der Waals surface area contributed by atoms with E-state index in [9.17, 15) is 9.59 Å². The maximum absolute atomic E-state index is 12.2. The number of aromatic amines is 1. The molecule has 1 saturated heterocycles. The summed E-state index contributed by atoms with van der Waals surface area (Å²) in [5.74, 6) is -0.773. The number of piperidine rings is 1. The van der Waals surface area contributed by atoms with Crippen molar-refractivity contribution in [3.63, 3.8) is 0 Å². The first-order chi connectivity index (χ1) is 16.5. The van der Waals surface area contributed by atoms with Crippen molar-refractivity contribution in [1.82, 2.24) is 9.55 Å². The van der Waals surface area contributed by atoms with Crippen LogP contribution in [0.25, 0.3) is 21.8 Å². The lowest BCUT2D eigenvalue weighted by Crippen LogP contribution is -2.31. The molecule has 7 heteroatoms. The van der Waals surface area contributed by atoms with Gasteiger partial charge < -0.3 is 25.9 Å². The molecule has 3 heterocycles. The molecule has 1 aliphatic heterocycles. The van der Waals surface area contributed by atoms with Gasteiger partial charge in [-0.05, 0) is 80.5 Å². The number of nitrogens with zero attached hydrogens (tertiary/aromatic N) is 2. The van der Waals surface area contributed by atoms with Crippen molar-refractivity contribution in [2.24, 2.45) is 11.5 Å². The molecule has 176 valence electrons. The minimum atomic E-state index is -0.406. The number of carbonyl (C=O) groups is 2. The lowest BCUT2D eigenvalue weighted by molar-refractivity contribution is 0.0992. The summed E-state index contributed by atoms with van der Waals surface area (Å²) in [5.41, 5.74) is 16.7. The summed E-state index contributed by atoms with van der Waals surface area (Å²) in [6.07, 6.45) is 10.6. The topological polar surface area (TPSA) is 110 Å². The van der Waals surface area contributed by atoms with E-state index in [2.05, 4.69) is 26.7 Å². The van der Waals surface area contributed by atoms with E-state index >= 15 is 0 Å². The average molecular weight is 458 g/mol. The minimum Gasteiger partial charge on any atom is -0.370 e. The van der Waals surface area contributed by atoms with Gasteiger partial charge >= 0.3 is 0 Å². The van der Waals surface area contributed by atoms with Crippen molar-refractivity contribution in [1.29, 1.82) is 0 Å². The van der Waals surface area contributed by atoms with E-state index in [-0.39, 0.29) is 5.91 Å². The molecule has 5 N–H and O–H groups in total. The van der Waals surface area contributed by atoms with Crippen molar-refractivity contribution < 1.29 is 9.59 Å². The highest BCUT2D eigenvalue weighted by atomic mass is 16.1. The van der Waals surface area contributed by atoms with E-state index in [1.807, 2.05) is 30.5 Å². The number of H-pyrrole nitrogens is 1. The molecule has 0 radical (unpaired) electrons. The first kappa shape index (κ1) is 22.1. The van der Waals surface area contributed by atoms with Crippen LogP contribution < -0.4 is 16.4 Å². The minimum absolute atomic E-state index is 0.367. The number of hydrogen-bond acceptors (Lipinski definition) is 3. The molecule has 34 heavy (non-hydrogen) atoms. The molecule has 5 rings (SSSR count). The number of hydrogen-bond donors (Lipinski definition) is 3. The third-order valence-corrected chi connectivity index (χ3v) is 7.01. The summed E-state index contributed by atoms with van der Waals surface area (Å²) in [7, 11) is 0. The quantitative estimate of drug-likeness (QED) is 0.342. The Hall–Kier alpha value is -3.74. The Morgan fingerprint density at radius 2 is 1.74 bits per heavy atom. The van der Waals surface area contributed by atoms with Crippen molar-refractivity contribution in [2.75, 3.05) is 18.0 Å². The highest BCUT2D eigenvalue weighted by Crippen LogP contribution is 2.34. The molecule has 1 fully saturated rings. The molecule has 0 saturated carbocycles. The molecule has 1 aliphatic rings. The van der Waals surface area contributed by atoms with Gasteiger partial charge in [0.1, 0.15) is 0 Å². The molecule has 2 aromatic carbocycles. The van der Waals surface area contributed by atoms with E-state index in [0.29, 0.717) is 11.1 Å². The zero-order valence-electron chi connectivity index (χ0n) is 19.3. The number of aromatic nitrogens is 2. The van der Waals surface area contributed by atoms with Gasteiger partial charge in [-0.1, -0.05) is 0 Å². The number of nitrogens with one attached hydrogen (secondary N) is 1. The van der Waals surface area contributed by atoms with Gasteiger partial charge in [-0.3, -0.25) is 9.59 Å². The van der Waals surface area contributed by atoms with Gasteiger partial charge in [-0.2, -0.15) is 0 Å². The SMILES string of the molecule is NC(=O)c1ccc2[nH]cc(CCCCn3ccc4c(N5CCCCC5)c(C(N)=O)ccc43)c2c1. The van der Waals surface area contributed by atoms with Crippen LogP contribution in [0.2, 0.25) is 0 Å². The van der Waals surface area contributed by atoms with E-state index in [1.165, 1.54) is 12.0 Å². The van der Waals surface area contributed by atoms with Crippen LogP contribution in [-0.4, -0.2) is 34.5 Å². The number of anilines is 1. The second-order valence-electron chi connectivity index (χ2n) is 9.21. The smallest absolute Gasteiger partial charge is 0.250 e. The Morgan fingerprint density at radius 3 is 2.50 bits per heavy atom. The largest absolute Gasteiger partial charge is 0.370 e. The van der Waals surface area contributed by atoms with Gasteiger partial charge in [0, 0.05) is 53.9 Å². The van der Waals surface area contributed by atoms with Gasteiger partial charge in [0.25, 0.3) is 5.91 Å². The van der Waals surface area contributed by atoms with E-state index in [4.69, 9.17) is 11.5 Å². The molecule has 0 atom stereocenters.